The Balaban J connectivity index is 1.00. The number of fused-ring (bicyclic) bond motifs is 4. The third-order valence-electron chi connectivity index (χ3n) is 16.5. The first-order valence-corrected chi connectivity index (χ1v) is 29.0. The first-order valence-electron chi connectivity index (χ1n) is 29.0. The molecule has 0 amide bonds. The molecule has 0 radical (unpaired) electrons. The normalized spacial score (nSPS) is 12.2. The topological polar surface area (TPSA) is 61.5 Å². The summed E-state index contributed by atoms with van der Waals surface area (Å²) in [4.78, 5) is 35.2. The van der Waals surface area contributed by atoms with Crippen molar-refractivity contribution in [2.45, 2.75) is 5.92 Å². The molecule has 1 aromatic heterocycles. The first-order chi connectivity index (χ1) is 43.5. The minimum atomic E-state index is -0.0518. The predicted molar refractivity (Wildman–Crippen MR) is 356 cm³/mol. The quantitative estimate of drug-likeness (QED) is 0.127. The van der Waals surface area contributed by atoms with Crippen molar-refractivity contribution in [1.82, 2.24) is 15.0 Å². The number of benzene rings is 12. The van der Waals surface area contributed by atoms with Gasteiger partial charge in [0.15, 0.2) is 34.5 Å². The summed E-state index contributed by atoms with van der Waals surface area (Å²) in [5.41, 5.74) is 21.5. The molecule has 0 atom stereocenters. The van der Waals surface area contributed by atoms with Crippen molar-refractivity contribution < 1.29 is 0 Å². The Kier molecular flexibility index (Phi) is 13.2. The molecule has 0 unspecified atom stereocenters. The zero-order valence-electron chi connectivity index (χ0n) is 47.3. The molecule has 0 bridgehead atoms. The van der Waals surface area contributed by atoms with Gasteiger partial charge < -0.3 is 14.7 Å². The van der Waals surface area contributed by atoms with Gasteiger partial charge in [0.2, 0.25) is 0 Å². The number of nitrogens with zero attached hydrogens (tertiary/aromatic N) is 9. The van der Waals surface area contributed by atoms with Crippen molar-refractivity contribution >= 4 is 68.2 Å². The average molecular weight is 1120 g/mol. The molecule has 0 N–H and O–H groups in total. The van der Waals surface area contributed by atoms with Crippen molar-refractivity contribution in [2.24, 2.45) is 0 Å². The van der Waals surface area contributed by atoms with Gasteiger partial charge in [-0.1, -0.05) is 200 Å². The Morgan fingerprint density at radius 2 is 0.614 bits per heavy atom. The van der Waals surface area contributed by atoms with E-state index in [1.165, 1.54) is 5.56 Å². The van der Waals surface area contributed by atoms with Gasteiger partial charge in [0, 0.05) is 28.3 Å². The molecule has 2 aliphatic heterocycles. The first kappa shape index (κ1) is 52.3. The van der Waals surface area contributed by atoms with Crippen molar-refractivity contribution in [3.63, 3.8) is 0 Å². The SMILES string of the molecule is [C-]#[N+]c1cccc(-c2ccc(-c3nc(-c4ccc(-c5cccc([N+]#[C-])c5)cc4N4c5ccccc5C(c5ccccc5)c5ccccc54)nc(-c4ccc(-c5cccc([N+]#[C-])c5)cc4N4c5ccccc5N(c5ccccc5)c5ccccc54)n3)cc2)c1. The number of rotatable bonds is 10. The van der Waals surface area contributed by atoms with E-state index in [0.29, 0.717) is 34.5 Å². The second kappa shape index (κ2) is 22.3. The van der Waals surface area contributed by atoms with Gasteiger partial charge in [0.25, 0.3) is 0 Å². The maximum absolute atomic E-state index is 8.00. The fourth-order valence-electron chi connectivity index (χ4n) is 12.5. The molecule has 3 heterocycles. The lowest BCUT2D eigenvalue weighted by molar-refractivity contribution is 0.938. The van der Waals surface area contributed by atoms with Gasteiger partial charge in [-0.15, -0.1) is 0 Å². The Morgan fingerprint density at radius 3 is 1.08 bits per heavy atom. The van der Waals surface area contributed by atoms with Crippen LogP contribution in [0.4, 0.5) is 68.2 Å². The lowest BCUT2D eigenvalue weighted by Gasteiger charge is -2.41. The van der Waals surface area contributed by atoms with E-state index in [9.17, 15) is 0 Å². The van der Waals surface area contributed by atoms with Crippen LogP contribution in [-0.4, -0.2) is 15.0 Å². The van der Waals surface area contributed by atoms with Gasteiger partial charge in [-0.25, -0.2) is 29.5 Å². The molecular formula is C79H49N9. The van der Waals surface area contributed by atoms with E-state index in [1.807, 2.05) is 84.9 Å². The average Bonchev–Trinajstić information content (AvgIpc) is 0.932. The molecule has 88 heavy (non-hydrogen) atoms. The molecule has 0 spiro atoms. The van der Waals surface area contributed by atoms with Crippen LogP contribution in [0, 0.1) is 19.7 Å². The highest BCUT2D eigenvalue weighted by atomic mass is 15.3. The van der Waals surface area contributed by atoms with Crippen LogP contribution < -0.4 is 14.7 Å². The summed E-state index contributed by atoms with van der Waals surface area (Å²) in [5, 5.41) is 0. The molecule has 0 fully saturated rings. The third kappa shape index (κ3) is 9.33. The van der Waals surface area contributed by atoms with Gasteiger partial charge in [-0.2, -0.15) is 0 Å². The zero-order valence-corrected chi connectivity index (χ0v) is 47.3. The Morgan fingerprint density at radius 1 is 0.261 bits per heavy atom. The number of anilines is 9. The van der Waals surface area contributed by atoms with E-state index < -0.39 is 0 Å². The molecule has 410 valence electrons. The maximum atomic E-state index is 8.00. The highest BCUT2D eigenvalue weighted by Gasteiger charge is 2.36. The van der Waals surface area contributed by atoms with Crippen LogP contribution in [-0.2, 0) is 0 Å². The number of hydrogen-bond acceptors (Lipinski definition) is 6. The predicted octanol–water partition coefficient (Wildman–Crippen LogP) is 21.7. The Bertz CT molecular complexity index is 4640. The van der Waals surface area contributed by atoms with Gasteiger partial charge >= 0.3 is 0 Å². The molecule has 12 aromatic carbocycles. The second-order valence-electron chi connectivity index (χ2n) is 21.6. The van der Waals surface area contributed by atoms with Crippen molar-refractivity contribution in [3.05, 3.63) is 342 Å². The molecule has 9 nitrogen and oxygen atoms in total. The monoisotopic (exact) mass is 1120 g/mol. The molecule has 0 saturated heterocycles. The summed E-state index contributed by atoms with van der Waals surface area (Å²) in [6, 6.07) is 99.6. The number of hydrogen-bond donors (Lipinski definition) is 0. The number of aromatic nitrogens is 3. The van der Waals surface area contributed by atoms with Gasteiger partial charge in [-0.3, -0.25) is 0 Å². The standard InChI is InChI=1S/C79H49N9/c1-80-60-26-18-23-55(47-60)52-39-41-54(42-40-52)77-83-78(66-45-43-58(56-24-19-27-61(48-56)81-2)50-74(66)87-68-33-12-10-31-64(68)76(53-21-6-4-7-22-53)65-32-11-13-34-69(65)87)85-79(84-77)67-46-44-59(57-25-20-28-62(49-57)82-3)51-75(67)88-72-37-16-14-35-70(72)86(63-29-8-5-9-30-63)71-36-15-17-38-73(71)88/h4-51,76H. The van der Waals surface area contributed by atoms with Crippen LogP contribution in [0.15, 0.2) is 291 Å². The van der Waals surface area contributed by atoms with E-state index >= 15 is 0 Å². The summed E-state index contributed by atoms with van der Waals surface area (Å²) in [6.45, 7) is 23.7. The fraction of sp³-hybridized carbons (Fsp3) is 0.0127. The summed E-state index contributed by atoms with van der Waals surface area (Å²) >= 11 is 0. The van der Waals surface area contributed by atoms with Gasteiger partial charge in [-0.05, 0) is 141 Å². The lowest BCUT2D eigenvalue weighted by atomic mass is 9.80. The summed E-state index contributed by atoms with van der Waals surface area (Å²) in [5.74, 6) is 1.29. The van der Waals surface area contributed by atoms with E-state index in [-0.39, 0.29) is 5.92 Å². The maximum Gasteiger partial charge on any atom is 0.187 e. The Labute approximate surface area is 510 Å². The van der Waals surface area contributed by atoms with Crippen LogP contribution in [0.1, 0.15) is 22.6 Å². The van der Waals surface area contributed by atoms with Crippen molar-refractivity contribution in [1.29, 1.82) is 0 Å². The van der Waals surface area contributed by atoms with Crippen LogP contribution >= 0.6 is 0 Å². The van der Waals surface area contributed by atoms with Crippen molar-refractivity contribution in [3.8, 4) is 67.5 Å². The van der Waals surface area contributed by atoms with E-state index in [1.54, 1.807) is 0 Å². The smallest absolute Gasteiger partial charge is 0.187 e. The van der Waals surface area contributed by atoms with Gasteiger partial charge in [0.05, 0.1) is 65.2 Å². The Hall–Kier alpha value is -12.5. The van der Waals surface area contributed by atoms with Crippen LogP contribution in [0.3, 0.4) is 0 Å². The molecule has 2 aliphatic rings. The highest BCUT2D eigenvalue weighted by molar-refractivity contribution is 6.04. The van der Waals surface area contributed by atoms with E-state index in [4.69, 9.17) is 34.7 Å². The second-order valence-corrected chi connectivity index (χ2v) is 21.6. The fourth-order valence-corrected chi connectivity index (χ4v) is 12.5. The van der Waals surface area contributed by atoms with Crippen molar-refractivity contribution in [2.75, 3.05) is 14.7 Å². The molecule has 13 aromatic rings. The van der Waals surface area contributed by atoms with Crippen LogP contribution in [0.25, 0.3) is 82.1 Å². The minimum Gasteiger partial charge on any atom is -0.309 e. The van der Waals surface area contributed by atoms with E-state index in [2.05, 4.69) is 235 Å². The largest absolute Gasteiger partial charge is 0.309 e. The molecule has 9 heteroatoms. The highest BCUT2D eigenvalue weighted by Crippen LogP contribution is 2.57. The zero-order chi connectivity index (χ0) is 59.1. The van der Waals surface area contributed by atoms with Gasteiger partial charge in [0.1, 0.15) is 0 Å². The molecule has 0 saturated carbocycles. The van der Waals surface area contributed by atoms with E-state index in [0.717, 1.165) is 112 Å². The van der Waals surface area contributed by atoms with Crippen LogP contribution in [0.2, 0.25) is 0 Å². The summed E-state index contributed by atoms with van der Waals surface area (Å²) in [6.07, 6.45) is 0. The third-order valence-corrected chi connectivity index (χ3v) is 16.5. The summed E-state index contributed by atoms with van der Waals surface area (Å²) in [7, 11) is 0. The lowest BCUT2D eigenvalue weighted by Crippen LogP contribution is -2.24. The molecular weight excluding hydrogens is 1070 g/mol. The van der Waals surface area contributed by atoms with Crippen LogP contribution in [0.5, 0.6) is 0 Å². The molecule has 0 aliphatic carbocycles. The number of para-hydroxylation sites is 7. The minimum absolute atomic E-state index is 0.0518. The molecule has 15 rings (SSSR count). The summed E-state index contributed by atoms with van der Waals surface area (Å²) < 4.78 is 0.